The van der Waals surface area contributed by atoms with Crippen molar-refractivity contribution in [3.63, 3.8) is 0 Å². The number of hydrogen-bond donors (Lipinski definition) is 0. The highest BCUT2D eigenvalue weighted by Gasteiger charge is 2.26. The molecular weight excluding hydrogens is 469 g/mol. The molecule has 2 aliphatic rings. The quantitative estimate of drug-likeness (QED) is 0.370. The molecule has 1 saturated heterocycles. The van der Waals surface area contributed by atoms with Crippen molar-refractivity contribution >= 4 is 29.4 Å². The third kappa shape index (κ3) is 5.08. The summed E-state index contributed by atoms with van der Waals surface area (Å²) < 4.78 is 15.0. The van der Waals surface area contributed by atoms with Crippen LogP contribution < -0.4 is 5.56 Å². The molecule has 1 aromatic heterocycles. The van der Waals surface area contributed by atoms with Crippen LogP contribution in [0.5, 0.6) is 0 Å². The number of thioether (sulfide) groups is 2. The SMILES string of the molecule is O=C(CSc1nc2c(c(=O)n1-c1ccc(F)cc1)SCC2)N1CCC(Cc2ccccc2)CC1. The van der Waals surface area contributed by atoms with Crippen LogP contribution in [-0.4, -0.2) is 45.0 Å². The minimum absolute atomic E-state index is 0.0675. The summed E-state index contributed by atoms with van der Waals surface area (Å²) in [6.07, 6.45) is 3.80. The van der Waals surface area contributed by atoms with Gasteiger partial charge in [0.15, 0.2) is 5.16 Å². The number of aryl methyl sites for hydroxylation is 1. The number of carbonyl (C=O) groups is 1. The van der Waals surface area contributed by atoms with E-state index >= 15 is 0 Å². The van der Waals surface area contributed by atoms with Gasteiger partial charge in [-0.2, -0.15) is 0 Å². The van der Waals surface area contributed by atoms with Crippen LogP contribution in [0.15, 0.2) is 69.4 Å². The number of carbonyl (C=O) groups excluding carboxylic acids is 1. The zero-order valence-electron chi connectivity index (χ0n) is 18.8. The largest absolute Gasteiger partial charge is 0.342 e. The van der Waals surface area contributed by atoms with Gasteiger partial charge in [-0.05, 0) is 55.0 Å². The summed E-state index contributed by atoms with van der Waals surface area (Å²) >= 11 is 2.80. The van der Waals surface area contributed by atoms with Crippen molar-refractivity contribution in [1.29, 1.82) is 0 Å². The fourth-order valence-corrected chi connectivity index (χ4v) is 6.51. The zero-order valence-corrected chi connectivity index (χ0v) is 20.4. The highest BCUT2D eigenvalue weighted by atomic mass is 32.2. The maximum absolute atomic E-state index is 13.5. The second-order valence-electron chi connectivity index (χ2n) is 8.69. The number of benzene rings is 2. The average molecular weight is 496 g/mol. The molecule has 1 amide bonds. The average Bonchev–Trinajstić information content (AvgIpc) is 3.34. The van der Waals surface area contributed by atoms with Crippen LogP contribution in [0.4, 0.5) is 4.39 Å². The first kappa shape index (κ1) is 23.2. The summed E-state index contributed by atoms with van der Waals surface area (Å²) in [6, 6.07) is 16.3. The molecule has 34 heavy (non-hydrogen) atoms. The smallest absolute Gasteiger partial charge is 0.272 e. The first-order chi connectivity index (χ1) is 16.6. The van der Waals surface area contributed by atoms with E-state index in [1.165, 1.54) is 45.8 Å². The van der Waals surface area contributed by atoms with Crippen molar-refractivity contribution < 1.29 is 9.18 Å². The van der Waals surface area contributed by atoms with Crippen molar-refractivity contribution in [2.24, 2.45) is 5.92 Å². The molecule has 0 aliphatic carbocycles. The molecule has 5 rings (SSSR count). The van der Waals surface area contributed by atoms with Crippen LogP contribution in [-0.2, 0) is 17.6 Å². The third-order valence-electron chi connectivity index (χ3n) is 6.41. The molecule has 3 heterocycles. The highest BCUT2D eigenvalue weighted by molar-refractivity contribution is 8.00. The molecule has 0 radical (unpaired) electrons. The minimum atomic E-state index is -0.361. The lowest BCUT2D eigenvalue weighted by atomic mass is 9.90. The van der Waals surface area contributed by atoms with E-state index in [1.807, 2.05) is 11.0 Å². The molecular formula is C26H26FN3O2S2. The van der Waals surface area contributed by atoms with Gasteiger partial charge in [-0.1, -0.05) is 42.1 Å². The van der Waals surface area contributed by atoms with E-state index in [0.29, 0.717) is 21.7 Å². The Morgan fingerprint density at radius 2 is 1.82 bits per heavy atom. The van der Waals surface area contributed by atoms with Gasteiger partial charge in [-0.25, -0.2) is 9.37 Å². The van der Waals surface area contributed by atoms with Gasteiger partial charge in [0.1, 0.15) is 5.82 Å². The van der Waals surface area contributed by atoms with E-state index < -0.39 is 0 Å². The van der Waals surface area contributed by atoms with Crippen molar-refractivity contribution in [2.45, 2.75) is 35.7 Å². The number of amides is 1. The number of piperidine rings is 1. The minimum Gasteiger partial charge on any atom is -0.342 e. The Kier molecular flexibility index (Phi) is 7.06. The lowest BCUT2D eigenvalue weighted by molar-refractivity contribution is -0.129. The van der Waals surface area contributed by atoms with E-state index in [0.717, 1.165) is 50.2 Å². The van der Waals surface area contributed by atoms with Crippen molar-refractivity contribution in [3.05, 3.63) is 82.0 Å². The zero-order chi connectivity index (χ0) is 23.5. The first-order valence-electron chi connectivity index (χ1n) is 11.6. The van der Waals surface area contributed by atoms with Crippen LogP contribution >= 0.6 is 23.5 Å². The van der Waals surface area contributed by atoms with Gasteiger partial charge in [-0.15, -0.1) is 11.8 Å². The van der Waals surface area contributed by atoms with E-state index in [9.17, 15) is 14.0 Å². The number of rotatable bonds is 6. The first-order valence-corrected chi connectivity index (χ1v) is 13.5. The molecule has 2 aliphatic heterocycles. The summed E-state index contributed by atoms with van der Waals surface area (Å²) in [5.41, 5.74) is 2.56. The predicted molar refractivity (Wildman–Crippen MR) is 134 cm³/mol. The molecule has 8 heteroatoms. The number of likely N-dealkylation sites (tertiary alicyclic amines) is 1. The molecule has 0 saturated carbocycles. The topological polar surface area (TPSA) is 55.2 Å². The molecule has 176 valence electrons. The monoisotopic (exact) mass is 495 g/mol. The Hall–Kier alpha value is -2.58. The van der Waals surface area contributed by atoms with Crippen LogP contribution in [0.1, 0.15) is 24.1 Å². The van der Waals surface area contributed by atoms with Crippen LogP contribution in [0, 0.1) is 11.7 Å². The molecule has 1 fully saturated rings. The van der Waals surface area contributed by atoms with E-state index in [1.54, 1.807) is 12.1 Å². The standard InChI is InChI=1S/C26H26FN3O2S2/c27-20-6-8-21(9-7-20)30-25(32)24-22(12-15-33-24)28-26(30)34-17-23(31)29-13-10-19(11-14-29)16-18-4-2-1-3-5-18/h1-9,19H,10-17H2. The normalized spacial score (nSPS) is 16.0. The van der Waals surface area contributed by atoms with Gasteiger partial charge in [-0.3, -0.25) is 14.2 Å². The second-order valence-corrected chi connectivity index (χ2v) is 10.7. The Morgan fingerprint density at radius 3 is 2.56 bits per heavy atom. The lowest BCUT2D eigenvalue weighted by Gasteiger charge is -2.32. The Bertz CT molecular complexity index is 1220. The molecule has 3 aromatic rings. The maximum atomic E-state index is 13.5. The van der Waals surface area contributed by atoms with Crippen molar-refractivity contribution in [2.75, 3.05) is 24.6 Å². The Labute approximate surface area is 206 Å². The summed E-state index contributed by atoms with van der Waals surface area (Å²) in [5, 5.41) is 0.491. The third-order valence-corrected chi connectivity index (χ3v) is 8.44. The lowest BCUT2D eigenvalue weighted by Crippen LogP contribution is -2.40. The van der Waals surface area contributed by atoms with Gasteiger partial charge in [0.2, 0.25) is 5.91 Å². The van der Waals surface area contributed by atoms with E-state index in [4.69, 9.17) is 4.98 Å². The van der Waals surface area contributed by atoms with E-state index in [-0.39, 0.29) is 23.0 Å². The fraction of sp³-hybridized carbons (Fsp3) is 0.346. The van der Waals surface area contributed by atoms with Crippen molar-refractivity contribution in [3.8, 4) is 5.69 Å². The van der Waals surface area contributed by atoms with Gasteiger partial charge in [0.05, 0.1) is 22.0 Å². The second kappa shape index (κ2) is 10.4. The Balaban J connectivity index is 1.26. The molecule has 0 unspecified atom stereocenters. The molecule has 0 N–H and O–H groups in total. The molecule has 0 bridgehead atoms. The van der Waals surface area contributed by atoms with E-state index in [2.05, 4.69) is 24.3 Å². The molecule has 0 atom stereocenters. The number of aromatic nitrogens is 2. The predicted octanol–water partition coefficient (Wildman–Crippen LogP) is 4.59. The summed E-state index contributed by atoms with van der Waals surface area (Å²) in [7, 11) is 0. The van der Waals surface area contributed by atoms with Crippen LogP contribution in [0.25, 0.3) is 5.69 Å². The highest BCUT2D eigenvalue weighted by Crippen LogP contribution is 2.30. The van der Waals surface area contributed by atoms with Gasteiger partial charge >= 0.3 is 0 Å². The van der Waals surface area contributed by atoms with Crippen LogP contribution in [0.2, 0.25) is 0 Å². The fourth-order valence-electron chi connectivity index (χ4n) is 4.56. The Morgan fingerprint density at radius 1 is 1.09 bits per heavy atom. The summed E-state index contributed by atoms with van der Waals surface area (Å²) in [6.45, 7) is 1.52. The van der Waals surface area contributed by atoms with Crippen LogP contribution in [0.3, 0.4) is 0 Å². The number of hydrogen-bond acceptors (Lipinski definition) is 5. The number of fused-ring (bicyclic) bond motifs is 1. The summed E-state index contributed by atoms with van der Waals surface area (Å²) in [5.74, 6) is 1.35. The molecule has 5 nitrogen and oxygen atoms in total. The number of halogens is 1. The van der Waals surface area contributed by atoms with Gasteiger partial charge in [0, 0.05) is 25.3 Å². The maximum Gasteiger partial charge on any atom is 0.272 e. The molecule has 2 aromatic carbocycles. The van der Waals surface area contributed by atoms with Gasteiger partial charge in [0.25, 0.3) is 5.56 Å². The van der Waals surface area contributed by atoms with Gasteiger partial charge < -0.3 is 4.90 Å². The number of nitrogens with zero attached hydrogens (tertiary/aromatic N) is 3. The summed E-state index contributed by atoms with van der Waals surface area (Å²) in [4.78, 5) is 33.5. The molecule has 0 spiro atoms. The van der Waals surface area contributed by atoms with Crippen molar-refractivity contribution in [1.82, 2.24) is 14.5 Å².